The van der Waals surface area contributed by atoms with Crippen molar-refractivity contribution in [3.8, 4) is 6.07 Å². The summed E-state index contributed by atoms with van der Waals surface area (Å²) in [4.78, 5) is 11.9. The fraction of sp³-hybridized carbons (Fsp3) is 0.833. The molecule has 3 heteroatoms. The first-order valence-electron chi connectivity index (χ1n) is 5.95. The quantitative estimate of drug-likeness (QED) is 0.724. The van der Waals surface area contributed by atoms with Crippen molar-refractivity contribution in [1.29, 1.82) is 5.26 Å². The average molecular weight is 208 g/mol. The van der Waals surface area contributed by atoms with Crippen molar-refractivity contribution < 1.29 is 4.79 Å². The van der Waals surface area contributed by atoms with Crippen molar-refractivity contribution in [3.63, 3.8) is 0 Å². The van der Waals surface area contributed by atoms with Crippen LogP contribution in [0.1, 0.15) is 51.9 Å². The molecule has 84 valence electrons. The minimum Gasteiger partial charge on any atom is -0.355 e. The highest BCUT2D eigenvalue weighted by Crippen LogP contribution is 2.34. The van der Waals surface area contributed by atoms with Gasteiger partial charge in [0.15, 0.2) is 0 Å². The molecule has 1 rings (SSSR count). The van der Waals surface area contributed by atoms with Crippen LogP contribution in [0.3, 0.4) is 0 Å². The van der Waals surface area contributed by atoms with Gasteiger partial charge in [0.25, 0.3) is 0 Å². The Morgan fingerprint density at radius 1 is 1.33 bits per heavy atom. The van der Waals surface area contributed by atoms with E-state index in [1.807, 2.05) is 6.92 Å². The lowest BCUT2D eigenvalue weighted by Crippen LogP contribution is -2.40. The van der Waals surface area contributed by atoms with E-state index in [-0.39, 0.29) is 5.91 Å². The standard InChI is InChI=1S/C12H20N2O/c1-2-9-14-11(15)12(10-13)7-5-3-4-6-8-12/h2-9H2,1H3,(H,14,15). The molecule has 1 saturated carbocycles. The fourth-order valence-corrected chi connectivity index (χ4v) is 2.13. The molecular weight excluding hydrogens is 188 g/mol. The Morgan fingerprint density at radius 3 is 2.40 bits per heavy atom. The lowest BCUT2D eigenvalue weighted by atomic mass is 9.81. The lowest BCUT2D eigenvalue weighted by Gasteiger charge is -2.23. The average Bonchev–Trinajstić information content (AvgIpc) is 2.52. The molecule has 3 nitrogen and oxygen atoms in total. The summed E-state index contributed by atoms with van der Waals surface area (Å²) >= 11 is 0. The Bertz CT molecular complexity index is 247. The summed E-state index contributed by atoms with van der Waals surface area (Å²) in [5, 5.41) is 12.1. The van der Waals surface area contributed by atoms with Gasteiger partial charge in [-0.25, -0.2) is 0 Å². The molecular formula is C12H20N2O. The molecule has 1 aliphatic carbocycles. The van der Waals surface area contributed by atoms with Gasteiger partial charge in [0, 0.05) is 6.54 Å². The third-order valence-electron chi connectivity index (χ3n) is 3.14. The molecule has 1 N–H and O–H groups in total. The third-order valence-corrected chi connectivity index (χ3v) is 3.14. The largest absolute Gasteiger partial charge is 0.355 e. The molecule has 0 unspecified atom stereocenters. The molecule has 0 aromatic rings. The van der Waals surface area contributed by atoms with Gasteiger partial charge < -0.3 is 5.32 Å². The molecule has 1 fully saturated rings. The van der Waals surface area contributed by atoms with Gasteiger partial charge in [-0.1, -0.05) is 32.6 Å². The second-order valence-electron chi connectivity index (χ2n) is 4.36. The Balaban J connectivity index is 2.65. The molecule has 0 heterocycles. The lowest BCUT2D eigenvalue weighted by molar-refractivity contribution is -0.128. The van der Waals surface area contributed by atoms with Crippen LogP contribution in [-0.4, -0.2) is 12.5 Å². The van der Waals surface area contributed by atoms with Crippen molar-refractivity contribution in [2.24, 2.45) is 5.41 Å². The monoisotopic (exact) mass is 208 g/mol. The van der Waals surface area contributed by atoms with Crippen molar-refractivity contribution in [1.82, 2.24) is 5.32 Å². The zero-order chi connectivity index (χ0) is 11.1. The number of hydrogen-bond acceptors (Lipinski definition) is 2. The maximum Gasteiger partial charge on any atom is 0.240 e. The van der Waals surface area contributed by atoms with Crippen LogP contribution in [-0.2, 0) is 4.79 Å². The first-order valence-corrected chi connectivity index (χ1v) is 5.95. The first kappa shape index (κ1) is 12.0. The summed E-state index contributed by atoms with van der Waals surface area (Å²) in [5.41, 5.74) is -0.730. The number of nitrogens with one attached hydrogen (secondary N) is 1. The van der Waals surface area contributed by atoms with Gasteiger partial charge in [0.1, 0.15) is 5.41 Å². The molecule has 0 atom stereocenters. The number of hydrogen-bond donors (Lipinski definition) is 1. The van der Waals surface area contributed by atoms with E-state index in [1.165, 1.54) is 0 Å². The van der Waals surface area contributed by atoms with Crippen molar-refractivity contribution >= 4 is 5.91 Å². The maximum atomic E-state index is 11.9. The minimum absolute atomic E-state index is 0.0475. The summed E-state index contributed by atoms with van der Waals surface area (Å²) in [6, 6.07) is 2.25. The molecule has 0 aromatic heterocycles. The number of rotatable bonds is 3. The van der Waals surface area contributed by atoms with Crippen LogP contribution in [0, 0.1) is 16.7 Å². The number of nitriles is 1. The van der Waals surface area contributed by atoms with E-state index in [1.54, 1.807) is 0 Å². The topological polar surface area (TPSA) is 52.9 Å². The van der Waals surface area contributed by atoms with E-state index in [9.17, 15) is 10.1 Å². The zero-order valence-corrected chi connectivity index (χ0v) is 9.51. The molecule has 0 aliphatic heterocycles. The highest BCUT2D eigenvalue weighted by Gasteiger charge is 2.38. The normalized spacial score (nSPS) is 20.0. The number of nitrogens with zero attached hydrogens (tertiary/aromatic N) is 1. The highest BCUT2D eigenvalue weighted by atomic mass is 16.2. The smallest absolute Gasteiger partial charge is 0.240 e. The second kappa shape index (κ2) is 5.75. The van der Waals surface area contributed by atoms with Crippen molar-refractivity contribution in [3.05, 3.63) is 0 Å². The molecule has 1 amide bonds. The van der Waals surface area contributed by atoms with Gasteiger partial charge in [-0.3, -0.25) is 4.79 Å². The predicted octanol–water partition coefficient (Wildman–Crippen LogP) is 2.38. The number of carbonyl (C=O) groups is 1. The van der Waals surface area contributed by atoms with Crippen molar-refractivity contribution in [2.75, 3.05) is 6.54 Å². The molecule has 0 radical (unpaired) electrons. The molecule has 0 spiro atoms. The van der Waals surface area contributed by atoms with E-state index < -0.39 is 5.41 Å². The van der Waals surface area contributed by atoms with Crippen LogP contribution in [0.25, 0.3) is 0 Å². The number of amides is 1. The summed E-state index contributed by atoms with van der Waals surface area (Å²) in [5.74, 6) is -0.0475. The van der Waals surface area contributed by atoms with Crippen LogP contribution >= 0.6 is 0 Å². The summed E-state index contributed by atoms with van der Waals surface area (Å²) in [6.45, 7) is 2.70. The fourth-order valence-electron chi connectivity index (χ4n) is 2.13. The molecule has 0 aromatic carbocycles. The van der Waals surface area contributed by atoms with Crippen LogP contribution in [0.4, 0.5) is 0 Å². The van der Waals surface area contributed by atoms with Gasteiger partial charge in [0.2, 0.25) is 5.91 Å². The van der Waals surface area contributed by atoms with Crippen LogP contribution < -0.4 is 5.32 Å². The van der Waals surface area contributed by atoms with E-state index in [0.29, 0.717) is 6.54 Å². The minimum atomic E-state index is -0.730. The van der Waals surface area contributed by atoms with E-state index in [4.69, 9.17) is 0 Å². The van der Waals surface area contributed by atoms with Crippen LogP contribution in [0.5, 0.6) is 0 Å². The van der Waals surface area contributed by atoms with Gasteiger partial charge in [-0.15, -0.1) is 0 Å². The van der Waals surface area contributed by atoms with Gasteiger partial charge in [-0.2, -0.15) is 5.26 Å². The van der Waals surface area contributed by atoms with Crippen LogP contribution in [0.2, 0.25) is 0 Å². The molecule has 1 aliphatic rings. The van der Waals surface area contributed by atoms with Crippen LogP contribution in [0.15, 0.2) is 0 Å². The van der Waals surface area contributed by atoms with Gasteiger partial charge >= 0.3 is 0 Å². The summed E-state index contributed by atoms with van der Waals surface area (Å²) in [7, 11) is 0. The van der Waals surface area contributed by atoms with Crippen molar-refractivity contribution in [2.45, 2.75) is 51.9 Å². The number of carbonyl (C=O) groups excluding carboxylic acids is 1. The predicted molar refractivity (Wildman–Crippen MR) is 59.0 cm³/mol. The Kier molecular flexibility index (Phi) is 4.61. The first-order chi connectivity index (χ1) is 7.25. The Hall–Kier alpha value is -1.04. The zero-order valence-electron chi connectivity index (χ0n) is 9.51. The molecule has 0 saturated heterocycles. The summed E-state index contributed by atoms with van der Waals surface area (Å²) in [6.07, 6.45) is 6.72. The Labute approximate surface area is 91.9 Å². The van der Waals surface area contributed by atoms with E-state index >= 15 is 0 Å². The summed E-state index contributed by atoms with van der Waals surface area (Å²) < 4.78 is 0. The van der Waals surface area contributed by atoms with E-state index in [0.717, 1.165) is 44.9 Å². The Morgan fingerprint density at radius 2 is 1.93 bits per heavy atom. The SMILES string of the molecule is CCCNC(=O)C1(C#N)CCCCCC1. The third kappa shape index (κ3) is 2.95. The maximum absolute atomic E-state index is 11.9. The second-order valence-corrected chi connectivity index (χ2v) is 4.36. The van der Waals surface area contributed by atoms with Gasteiger partial charge in [-0.05, 0) is 19.3 Å². The molecule has 0 bridgehead atoms. The van der Waals surface area contributed by atoms with Gasteiger partial charge in [0.05, 0.1) is 6.07 Å². The van der Waals surface area contributed by atoms with E-state index in [2.05, 4.69) is 11.4 Å². The highest BCUT2D eigenvalue weighted by molar-refractivity contribution is 5.85. The molecule has 15 heavy (non-hydrogen) atoms.